The number of carbonyl (C=O) groups is 2. The average Bonchev–Trinajstić information content (AvgIpc) is 3.19. The van der Waals surface area contributed by atoms with Gasteiger partial charge in [0.2, 0.25) is 0 Å². The lowest BCUT2D eigenvalue weighted by molar-refractivity contribution is -0.168. The molecule has 0 saturated carbocycles. The van der Waals surface area contributed by atoms with Gasteiger partial charge in [0.05, 0.1) is 38.1 Å². The zero-order valence-corrected chi connectivity index (χ0v) is 19.1. The third kappa shape index (κ3) is 6.35. The molecule has 2 heterocycles. The number of rotatable bonds is 10. The van der Waals surface area contributed by atoms with Crippen molar-refractivity contribution in [3.05, 3.63) is 46.1 Å². The van der Waals surface area contributed by atoms with Crippen LogP contribution in [0.1, 0.15) is 44.9 Å². The lowest BCUT2D eigenvalue weighted by Gasteiger charge is -2.22. The van der Waals surface area contributed by atoms with Crippen LogP contribution in [-0.4, -0.2) is 58.2 Å². The summed E-state index contributed by atoms with van der Waals surface area (Å²) in [7, 11) is 1.30. The molecule has 1 fully saturated rings. The van der Waals surface area contributed by atoms with Crippen LogP contribution in [-0.2, 0) is 18.9 Å². The fraction of sp³-hybridized carbons (Fsp3) is 0.478. The van der Waals surface area contributed by atoms with Crippen molar-refractivity contribution in [1.29, 1.82) is 0 Å². The molecule has 1 aliphatic heterocycles. The fourth-order valence-corrected chi connectivity index (χ4v) is 4.43. The summed E-state index contributed by atoms with van der Waals surface area (Å²) in [6, 6.07) is 6.05. The van der Waals surface area contributed by atoms with Gasteiger partial charge < -0.3 is 24.3 Å². The van der Waals surface area contributed by atoms with Crippen LogP contribution >= 0.6 is 11.3 Å². The van der Waals surface area contributed by atoms with Crippen molar-refractivity contribution in [2.45, 2.75) is 32.5 Å². The van der Waals surface area contributed by atoms with Gasteiger partial charge in [-0.1, -0.05) is 12.1 Å². The topological polar surface area (TPSA) is 83.1 Å². The molecular formula is C23H28FNO6S. The molecule has 3 rings (SSSR count). The number of nitrogens with one attached hydrogen (secondary N) is 1. The minimum Gasteiger partial charge on any atom is -0.465 e. The van der Waals surface area contributed by atoms with Gasteiger partial charge in [-0.25, -0.2) is 9.18 Å². The number of hydrogen-bond donors (Lipinski definition) is 1. The van der Waals surface area contributed by atoms with Gasteiger partial charge in [-0.3, -0.25) is 4.79 Å². The van der Waals surface area contributed by atoms with Crippen molar-refractivity contribution in [1.82, 2.24) is 5.32 Å². The SMILES string of the molecule is COC(=O)c1cc(-c2cccc(F)c2C(=O)NCCOCCOC2CCCCO2)sc1C. The first-order chi connectivity index (χ1) is 15.5. The summed E-state index contributed by atoms with van der Waals surface area (Å²) in [6.07, 6.45) is 2.90. The first-order valence-corrected chi connectivity index (χ1v) is 11.4. The van der Waals surface area contributed by atoms with Gasteiger partial charge in [-0.2, -0.15) is 0 Å². The maximum absolute atomic E-state index is 14.6. The lowest BCUT2D eigenvalue weighted by atomic mass is 10.0. The Morgan fingerprint density at radius 2 is 2.09 bits per heavy atom. The third-order valence-corrected chi connectivity index (χ3v) is 6.11. The highest BCUT2D eigenvalue weighted by atomic mass is 32.1. The lowest BCUT2D eigenvalue weighted by Crippen LogP contribution is -2.29. The van der Waals surface area contributed by atoms with Gasteiger partial charge in [0.25, 0.3) is 5.91 Å². The van der Waals surface area contributed by atoms with Gasteiger partial charge in [-0.15, -0.1) is 11.3 Å². The van der Waals surface area contributed by atoms with E-state index in [1.807, 2.05) is 0 Å². The number of esters is 1. The van der Waals surface area contributed by atoms with Crippen LogP contribution in [0.2, 0.25) is 0 Å². The second kappa shape index (κ2) is 12.1. The minimum atomic E-state index is -0.632. The molecule has 2 aromatic rings. The first-order valence-electron chi connectivity index (χ1n) is 10.6. The third-order valence-electron chi connectivity index (χ3n) is 5.03. The predicted octanol–water partition coefficient (Wildman–Crippen LogP) is 3.94. The van der Waals surface area contributed by atoms with Crippen LogP contribution in [0.3, 0.4) is 0 Å². The Labute approximate surface area is 190 Å². The molecule has 7 nitrogen and oxygen atoms in total. The first kappa shape index (κ1) is 24.3. The van der Waals surface area contributed by atoms with Crippen molar-refractivity contribution in [3.8, 4) is 10.4 Å². The highest BCUT2D eigenvalue weighted by Crippen LogP contribution is 2.34. The molecule has 1 atom stereocenters. The summed E-state index contributed by atoms with van der Waals surface area (Å²) >= 11 is 1.30. The Morgan fingerprint density at radius 1 is 1.25 bits per heavy atom. The number of benzene rings is 1. The molecule has 1 aromatic carbocycles. The second-order valence-electron chi connectivity index (χ2n) is 7.27. The molecule has 1 saturated heterocycles. The fourth-order valence-electron chi connectivity index (χ4n) is 3.40. The highest BCUT2D eigenvalue weighted by molar-refractivity contribution is 7.15. The van der Waals surface area contributed by atoms with Gasteiger partial charge in [-0.05, 0) is 38.3 Å². The molecule has 0 bridgehead atoms. The molecule has 32 heavy (non-hydrogen) atoms. The Morgan fingerprint density at radius 3 is 2.84 bits per heavy atom. The molecule has 1 unspecified atom stereocenters. The monoisotopic (exact) mass is 465 g/mol. The van der Waals surface area contributed by atoms with E-state index in [2.05, 4.69) is 5.32 Å². The number of carbonyl (C=O) groups excluding carboxylic acids is 2. The van der Waals surface area contributed by atoms with E-state index in [-0.39, 0.29) is 25.0 Å². The van der Waals surface area contributed by atoms with E-state index in [1.165, 1.54) is 30.6 Å². The van der Waals surface area contributed by atoms with Crippen molar-refractivity contribution in [3.63, 3.8) is 0 Å². The molecule has 1 aliphatic rings. The maximum Gasteiger partial charge on any atom is 0.338 e. The molecule has 1 amide bonds. The van der Waals surface area contributed by atoms with Gasteiger partial charge in [0.1, 0.15) is 5.82 Å². The molecule has 1 N–H and O–H groups in total. The summed E-state index contributed by atoms with van der Waals surface area (Å²) in [6.45, 7) is 3.80. The van der Waals surface area contributed by atoms with E-state index in [0.717, 1.165) is 30.7 Å². The van der Waals surface area contributed by atoms with E-state index < -0.39 is 17.7 Å². The van der Waals surface area contributed by atoms with Crippen LogP contribution in [0.25, 0.3) is 10.4 Å². The Hall–Kier alpha value is -2.33. The predicted molar refractivity (Wildman–Crippen MR) is 118 cm³/mol. The number of halogens is 1. The van der Waals surface area contributed by atoms with Crippen molar-refractivity contribution >= 4 is 23.2 Å². The van der Waals surface area contributed by atoms with Crippen molar-refractivity contribution < 1.29 is 32.9 Å². The average molecular weight is 466 g/mol. The zero-order chi connectivity index (χ0) is 22.9. The van der Waals surface area contributed by atoms with Crippen LogP contribution in [0.5, 0.6) is 0 Å². The Kier molecular flexibility index (Phi) is 9.16. The van der Waals surface area contributed by atoms with Crippen LogP contribution in [0.15, 0.2) is 24.3 Å². The summed E-state index contributed by atoms with van der Waals surface area (Å²) in [5.41, 5.74) is 0.757. The zero-order valence-electron chi connectivity index (χ0n) is 18.3. The minimum absolute atomic E-state index is 0.0667. The number of ether oxygens (including phenoxy) is 4. The number of amides is 1. The van der Waals surface area contributed by atoms with Crippen molar-refractivity contribution in [2.75, 3.05) is 40.1 Å². The number of thiophene rings is 1. The van der Waals surface area contributed by atoms with Gasteiger partial charge >= 0.3 is 5.97 Å². The second-order valence-corrected chi connectivity index (χ2v) is 8.53. The molecule has 9 heteroatoms. The number of aryl methyl sites for hydroxylation is 1. The summed E-state index contributed by atoms with van der Waals surface area (Å²) < 4.78 is 35.9. The molecule has 0 spiro atoms. The molecule has 0 radical (unpaired) electrons. The summed E-state index contributed by atoms with van der Waals surface area (Å²) in [5.74, 6) is -1.64. The normalized spacial score (nSPS) is 16.0. The molecule has 174 valence electrons. The molecule has 1 aromatic heterocycles. The smallest absolute Gasteiger partial charge is 0.338 e. The maximum atomic E-state index is 14.6. The van der Waals surface area contributed by atoms with E-state index in [4.69, 9.17) is 18.9 Å². The van der Waals surface area contributed by atoms with Gasteiger partial charge in [0, 0.05) is 28.5 Å². The quantitative estimate of drug-likeness (QED) is 0.423. The van der Waals surface area contributed by atoms with Crippen molar-refractivity contribution in [2.24, 2.45) is 0 Å². The molecular weight excluding hydrogens is 437 g/mol. The largest absolute Gasteiger partial charge is 0.465 e. The number of methoxy groups -OCH3 is 1. The van der Waals surface area contributed by atoms with Crippen LogP contribution in [0.4, 0.5) is 4.39 Å². The Balaban J connectivity index is 1.52. The number of hydrogen-bond acceptors (Lipinski definition) is 7. The van der Waals surface area contributed by atoms with Crippen LogP contribution in [0, 0.1) is 12.7 Å². The summed E-state index contributed by atoms with van der Waals surface area (Å²) in [4.78, 5) is 26.0. The van der Waals surface area contributed by atoms with E-state index in [9.17, 15) is 14.0 Å². The van der Waals surface area contributed by atoms with E-state index in [1.54, 1.807) is 19.1 Å². The van der Waals surface area contributed by atoms with Crippen LogP contribution < -0.4 is 5.32 Å². The molecule has 0 aliphatic carbocycles. The van der Waals surface area contributed by atoms with Gasteiger partial charge in [0.15, 0.2) is 6.29 Å². The van der Waals surface area contributed by atoms with E-state index >= 15 is 0 Å². The summed E-state index contributed by atoms with van der Waals surface area (Å²) in [5, 5.41) is 2.69. The highest BCUT2D eigenvalue weighted by Gasteiger charge is 2.21. The Bertz CT molecular complexity index is 925. The van der Waals surface area contributed by atoms with E-state index in [0.29, 0.717) is 29.2 Å². The standard InChI is InChI=1S/C23H28FNO6S/c1-15-17(23(27)28-2)14-19(32-15)16-6-5-7-18(24)21(16)22(26)25-9-11-29-12-13-31-20-8-3-4-10-30-20/h5-7,14,20H,3-4,8-13H2,1-2H3,(H,25,26).